The van der Waals surface area contributed by atoms with Gasteiger partial charge in [0.1, 0.15) is 0 Å². The zero-order valence-electron chi connectivity index (χ0n) is 15.1. The number of nitrogens with one attached hydrogen (secondary N) is 1. The lowest BCUT2D eigenvalue weighted by atomic mass is 10.1. The first kappa shape index (κ1) is 20.0. The molecule has 28 heavy (non-hydrogen) atoms. The summed E-state index contributed by atoms with van der Waals surface area (Å²) in [6, 6.07) is 11.0. The topological polar surface area (TPSA) is 118 Å². The quantitative estimate of drug-likeness (QED) is 0.737. The van der Waals surface area contributed by atoms with Crippen molar-refractivity contribution in [3.63, 3.8) is 0 Å². The smallest absolute Gasteiger partial charge is 0.261 e. The van der Waals surface area contributed by atoms with E-state index in [-0.39, 0.29) is 27.8 Å². The van der Waals surface area contributed by atoms with E-state index in [1.54, 1.807) is 0 Å². The maximum atomic E-state index is 12.5. The van der Waals surface area contributed by atoms with E-state index in [0.717, 1.165) is 0 Å². The van der Waals surface area contributed by atoms with E-state index in [0.29, 0.717) is 9.87 Å². The molecule has 0 saturated carbocycles. The number of anilines is 2. The van der Waals surface area contributed by atoms with Gasteiger partial charge < -0.3 is 0 Å². The Balaban J connectivity index is 1.84. The summed E-state index contributed by atoms with van der Waals surface area (Å²) in [4.78, 5) is 23.3. The van der Waals surface area contributed by atoms with Crippen LogP contribution in [0.5, 0.6) is 0 Å². The molecule has 2 aromatic rings. The Kier molecular flexibility index (Phi) is 5.02. The Bertz CT molecular complexity index is 1140. The van der Waals surface area contributed by atoms with Crippen molar-refractivity contribution in [1.82, 2.24) is 0 Å². The fourth-order valence-electron chi connectivity index (χ4n) is 2.83. The van der Waals surface area contributed by atoms with Crippen molar-refractivity contribution < 1.29 is 26.4 Å². The minimum atomic E-state index is -3.93. The number of amides is 1. The lowest BCUT2D eigenvalue weighted by molar-refractivity contribution is -0.119. The number of benzene rings is 2. The molecule has 0 bridgehead atoms. The number of carbonyl (C=O) groups is 2. The Morgan fingerprint density at radius 1 is 1.07 bits per heavy atom. The summed E-state index contributed by atoms with van der Waals surface area (Å²) < 4.78 is 52.4. The summed E-state index contributed by atoms with van der Waals surface area (Å²) in [6.07, 6.45) is 0. The first-order chi connectivity index (χ1) is 13.0. The lowest BCUT2D eigenvalue weighted by Crippen LogP contribution is -2.30. The third-order valence-electron chi connectivity index (χ3n) is 4.29. The predicted octanol–water partition coefficient (Wildman–Crippen LogP) is 2.00. The molecule has 1 aliphatic heterocycles. The molecular weight excluding hydrogens is 404 g/mol. The summed E-state index contributed by atoms with van der Waals surface area (Å²) >= 11 is 0. The SMILES string of the molecule is CC(=O)c1ccc(NS(=O)(=O)c2ccc(N3C(=O)[C@H](C)CS3(=O)=O)cc2)cc1. The molecule has 0 unspecified atom stereocenters. The van der Waals surface area contributed by atoms with Crippen LogP contribution in [0.2, 0.25) is 0 Å². The number of hydrogen-bond donors (Lipinski definition) is 1. The molecule has 1 N–H and O–H groups in total. The van der Waals surface area contributed by atoms with Crippen LogP contribution in [-0.4, -0.2) is 34.3 Å². The highest BCUT2D eigenvalue weighted by Gasteiger charge is 2.41. The van der Waals surface area contributed by atoms with E-state index in [4.69, 9.17) is 0 Å². The lowest BCUT2D eigenvalue weighted by Gasteiger charge is -2.16. The first-order valence-corrected chi connectivity index (χ1v) is 11.4. The van der Waals surface area contributed by atoms with Gasteiger partial charge in [0.2, 0.25) is 15.9 Å². The van der Waals surface area contributed by atoms with Crippen LogP contribution in [0.3, 0.4) is 0 Å². The number of rotatable bonds is 5. The van der Waals surface area contributed by atoms with Gasteiger partial charge in [-0.15, -0.1) is 0 Å². The zero-order chi connectivity index (χ0) is 20.7. The van der Waals surface area contributed by atoms with Crippen molar-refractivity contribution in [3.8, 4) is 0 Å². The molecule has 0 aromatic heterocycles. The van der Waals surface area contributed by atoms with Crippen LogP contribution in [0.25, 0.3) is 0 Å². The van der Waals surface area contributed by atoms with Crippen LogP contribution < -0.4 is 9.03 Å². The van der Waals surface area contributed by atoms with Crippen LogP contribution in [0.15, 0.2) is 53.4 Å². The Morgan fingerprint density at radius 3 is 2.11 bits per heavy atom. The first-order valence-electron chi connectivity index (χ1n) is 8.32. The molecular formula is C18H18N2O6S2. The van der Waals surface area contributed by atoms with Gasteiger partial charge in [-0.1, -0.05) is 6.92 Å². The highest BCUT2D eigenvalue weighted by atomic mass is 32.2. The van der Waals surface area contributed by atoms with Gasteiger partial charge in [0.15, 0.2) is 5.78 Å². The molecule has 10 heteroatoms. The van der Waals surface area contributed by atoms with Crippen LogP contribution >= 0.6 is 0 Å². The van der Waals surface area contributed by atoms with Crippen molar-refractivity contribution in [2.75, 3.05) is 14.8 Å². The van der Waals surface area contributed by atoms with Gasteiger partial charge in [0, 0.05) is 11.3 Å². The molecule has 8 nitrogen and oxygen atoms in total. The van der Waals surface area contributed by atoms with Gasteiger partial charge in [0.05, 0.1) is 22.3 Å². The van der Waals surface area contributed by atoms with E-state index in [9.17, 15) is 26.4 Å². The minimum Gasteiger partial charge on any atom is -0.295 e. The molecule has 0 radical (unpaired) electrons. The summed E-state index contributed by atoms with van der Waals surface area (Å²) in [5.41, 5.74) is 0.831. The molecule has 1 saturated heterocycles. The molecule has 1 amide bonds. The molecule has 2 aromatic carbocycles. The normalized spacial score (nSPS) is 18.9. The Labute approximate surface area is 163 Å². The van der Waals surface area contributed by atoms with Gasteiger partial charge in [-0.2, -0.15) is 0 Å². The average molecular weight is 422 g/mol. The van der Waals surface area contributed by atoms with Gasteiger partial charge >= 0.3 is 0 Å². The van der Waals surface area contributed by atoms with E-state index in [2.05, 4.69) is 4.72 Å². The number of Topliss-reactive ketones (excluding diaryl/α,β-unsaturated/α-hetero) is 1. The highest BCUT2D eigenvalue weighted by Crippen LogP contribution is 2.29. The fraction of sp³-hybridized carbons (Fsp3) is 0.222. The van der Waals surface area contributed by atoms with Gasteiger partial charge in [-0.25, -0.2) is 21.1 Å². The molecule has 1 fully saturated rings. The summed E-state index contributed by atoms with van der Waals surface area (Å²) in [5.74, 6) is -1.60. The number of nitrogens with zero attached hydrogens (tertiary/aromatic N) is 1. The summed E-state index contributed by atoms with van der Waals surface area (Å²) in [7, 11) is -7.68. The molecule has 3 rings (SSSR count). The van der Waals surface area contributed by atoms with Crippen molar-refractivity contribution in [1.29, 1.82) is 0 Å². The predicted molar refractivity (Wildman–Crippen MR) is 104 cm³/mol. The standard InChI is InChI=1S/C18H18N2O6S2/c1-12-11-27(23,24)20(18(12)22)16-7-9-17(10-8-16)28(25,26)19-15-5-3-14(4-6-15)13(2)21/h3-10,12,19H,11H2,1-2H3/t12-/m1/s1. The highest BCUT2D eigenvalue weighted by molar-refractivity contribution is 7.94. The van der Waals surface area contributed by atoms with Crippen LogP contribution in [0, 0.1) is 5.92 Å². The maximum Gasteiger partial charge on any atom is 0.261 e. The third kappa shape index (κ3) is 3.78. The second-order valence-electron chi connectivity index (χ2n) is 6.52. The number of sulfonamides is 2. The van der Waals surface area contributed by atoms with Gasteiger partial charge in [0.25, 0.3) is 10.0 Å². The van der Waals surface area contributed by atoms with Crippen LogP contribution in [0.1, 0.15) is 24.2 Å². The van der Waals surface area contributed by atoms with E-state index in [1.807, 2.05) is 0 Å². The van der Waals surface area contributed by atoms with Gasteiger partial charge in [-0.3, -0.25) is 14.3 Å². The average Bonchev–Trinajstić information content (AvgIpc) is 2.82. The summed E-state index contributed by atoms with van der Waals surface area (Å²) in [6.45, 7) is 2.94. The fourth-order valence-corrected chi connectivity index (χ4v) is 5.71. The number of carbonyl (C=O) groups excluding carboxylic acids is 2. The molecule has 1 heterocycles. The number of ketones is 1. The Morgan fingerprint density at radius 2 is 1.64 bits per heavy atom. The molecule has 0 spiro atoms. The largest absolute Gasteiger partial charge is 0.295 e. The van der Waals surface area contributed by atoms with Crippen molar-refractivity contribution in [2.24, 2.45) is 5.92 Å². The molecule has 0 aliphatic carbocycles. The van der Waals surface area contributed by atoms with Crippen LogP contribution in [0.4, 0.5) is 11.4 Å². The third-order valence-corrected chi connectivity index (χ3v) is 7.55. The molecule has 1 aliphatic rings. The second kappa shape index (κ2) is 7.02. The maximum absolute atomic E-state index is 12.5. The van der Waals surface area contributed by atoms with Crippen molar-refractivity contribution in [3.05, 3.63) is 54.1 Å². The second-order valence-corrected chi connectivity index (χ2v) is 10.1. The zero-order valence-corrected chi connectivity index (χ0v) is 16.7. The van der Waals surface area contributed by atoms with Crippen molar-refractivity contribution >= 4 is 43.1 Å². The minimum absolute atomic E-state index is 0.0935. The van der Waals surface area contributed by atoms with Crippen LogP contribution in [-0.2, 0) is 24.8 Å². The number of hydrogen-bond acceptors (Lipinski definition) is 6. The Hall–Kier alpha value is -2.72. The monoisotopic (exact) mass is 422 g/mol. The van der Waals surface area contributed by atoms with Crippen molar-refractivity contribution in [2.45, 2.75) is 18.7 Å². The van der Waals surface area contributed by atoms with E-state index in [1.165, 1.54) is 62.4 Å². The van der Waals surface area contributed by atoms with E-state index >= 15 is 0 Å². The molecule has 148 valence electrons. The van der Waals surface area contributed by atoms with Gasteiger partial charge in [-0.05, 0) is 55.5 Å². The van der Waals surface area contributed by atoms with E-state index < -0.39 is 31.9 Å². The molecule has 1 atom stereocenters. The summed E-state index contributed by atoms with van der Waals surface area (Å²) in [5, 5.41) is 0.